The number of hydrogen-bond donors (Lipinski definition) is 0. The molecule has 0 amide bonds. The van der Waals surface area contributed by atoms with Crippen molar-refractivity contribution in [1.82, 2.24) is 0 Å². The van der Waals surface area contributed by atoms with Crippen molar-refractivity contribution >= 4 is 11.9 Å². The molecule has 0 N–H and O–H groups in total. The van der Waals surface area contributed by atoms with Gasteiger partial charge < -0.3 is 9.47 Å². The molecule has 0 unspecified atom stereocenters. The summed E-state index contributed by atoms with van der Waals surface area (Å²) in [6.07, 6.45) is 4.00. The van der Waals surface area contributed by atoms with Crippen molar-refractivity contribution in [3.63, 3.8) is 0 Å². The number of hydrogen-bond acceptors (Lipinski definition) is 4. The second kappa shape index (κ2) is 4.99. The van der Waals surface area contributed by atoms with Crippen LogP contribution < -0.4 is 0 Å². The van der Waals surface area contributed by atoms with E-state index in [9.17, 15) is 9.59 Å². The minimum atomic E-state index is -1.04. The van der Waals surface area contributed by atoms with E-state index in [2.05, 4.69) is 0 Å². The van der Waals surface area contributed by atoms with Gasteiger partial charge in [-0.2, -0.15) is 0 Å². The lowest BCUT2D eigenvalue weighted by Crippen LogP contribution is -2.40. The Kier molecular flexibility index (Phi) is 3.88. The summed E-state index contributed by atoms with van der Waals surface area (Å²) < 4.78 is 11.1. The van der Waals surface area contributed by atoms with Gasteiger partial charge in [0.2, 0.25) is 0 Å². The third kappa shape index (κ3) is 3.09. The van der Waals surface area contributed by atoms with Gasteiger partial charge in [-0.3, -0.25) is 9.59 Å². The highest BCUT2D eigenvalue weighted by Crippen LogP contribution is 2.67. The van der Waals surface area contributed by atoms with Crippen molar-refractivity contribution in [2.24, 2.45) is 17.3 Å². The fraction of sp³-hybridized carbons (Fsp3) is 0.882. The van der Waals surface area contributed by atoms with E-state index in [-0.39, 0.29) is 23.8 Å². The van der Waals surface area contributed by atoms with Crippen LogP contribution in [0.3, 0.4) is 0 Å². The van der Waals surface area contributed by atoms with E-state index < -0.39 is 16.6 Å². The molecule has 2 fully saturated rings. The minimum Gasteiger partial charge on any atom is -0.459 e. The second-order valence-corrected chi connectivity index (χ2v) is 8.37. The quantitative estimate of drug-likeness (QED) is 0.578. The van der Waals surface area contributed by atoms with Gasteiger partial charge in [-0.25, -0.2) is 0 Å². The van der Waals surface area contributed by atoms with Crippen molar-refractivity contribution in [3.05, 3.63) is 0 Å². The molecule has 0 aromatic carbocycles. The molecule has 120 valence electrons. The summed E-state index contributed by atoms with van der Waals surface area (Å²) in [5.41, 5.74) is -2.22. The fourth-order valence-electron chi connectivity index (χ4n) is 3.54. The Labute approximate surface area is 127 Å². The molecule has 2 saturated carbocycles. The molecule has 0 saturated heterocycles. The second-order valence-electron chi connectivity index (χ2n) is 8.37. The van der Waals surface area contributed by atoms with Gasteiger partial charge in [0.05, 0.1) is 0 Å². The van der Waals surface area contributed by atoms with Crippen molar-refractivity contribution in [2.45, 2.75) is 78.4 Å². The molecule has 2 atom stereocenters. The van der Waals surface area contributed by atoms with E-state index in [0.717, 1.165) is 25.7 Å². The van der Waals surface area contributed by atoms with Gasteiger partial charge >= 0.3 is 11.9 Å². The Morgan fingerprint density at radius 2 is 1.14 bits per heavy atom. The number of ether oxygens (including phenoxy) is 2. The summed E-state index contributed by atoms with van der Waals surface area (Å²) in [5.74, 6) is -0.561. The van der Waals surface area contributed by atoms with Crippen LogP contribution in [0.15, 0.2) is 0 Å². The highest BCUT2D eigenvalue weighted by molar-refractivity contribution is 6.05. The van der Waals surface area contributed by atoms with Gasteiger partial charge in [0.1, 0.15) is 11.2 Å². The third-order valence-electron chi connectivity index (χ3n) is 4.30. The molecule has 0 aromatic rings. The molecular formula is C17H28O4. The predicted octanol–water partition coefficient (Wildman–Crippen LogP) is 3.48. The third-order valence-corrected chi connectivity index (χ3v) is 4.30. The first-order chi connectivity index (χ1) is 9.48. The van der Waals surface area contributed by atoms with Crippen LogP contribution in [0.2, 0.25) is 0 Å². The number of rotatable bonds is 2. The van der Waals surface area contributed by atoms with Crippen molar-refractivity contribution in [2.75, 3.05) is 0 Å². The Balaban J connectivity index is 2.25. The monoisotopic (exact) mass is 296 g/mol. The summed E-state index contributed by atoms with van der Waals surface area (Å²) in [5, 5.41) is 0. The van der Waals surface area contributed by atoms with E-state index in [1.165, 1.54) is 0 Å². The first kappa shape index (κ1) is 16.3. The molecule has 0 heterocycles. The van der Waals surface area contributed by atoms with Gasteiger partial charge in [-0.15, -0.1) is 0 Å². The Bertz CT molecular complexity index is 397. The van der Waals surface area contributed by atoms with Crippen molar-refractivity contribution in [1.29, 1.82) is 0 Å². The van der Waals surface area contributed by atoms with Crippen LogP contribution in [0.1, 0.15) is 67.2 Å². The summed E-state index contributed by atoms with van der Waals surface area (Å²) in [4.78, 5) is 25.4. The van der Waals surface area contributed by atoms with Crippen LogP contribution in [0.5, 0.6) is 0 Å². The molecule has 4 heteroatoms. The molecule has 4 nitrogen and oxygen atoms in total. The molecule has 0 radical (unpaired) electrons. The Hall–Kier alpha value is -1.06. The Morgan fingerprint density at radius 3 is 1.43 bits per heavy atom. The van der Waals surface area contributed by atoms with Crippen molar-refractivity contribution in [3.8, 4) is 0 Å². The van der Waals surface area contributed by atoms with Gasteiger partial charge in [0, 0.05) is 0 Å². The van der Waals surface area contributed by atoms with Crippen LogP contribution in [-0.2, 0) is 19.1 Å². The lowest BCUT2D eigenvalue weighted by Gasteiger charge is -2.27. The Morgan fingerprint density at radius 1 is 0.810 bits per heavy atom. The topological polar surface area (TPSA) is 52.6 Å². The van der Waals surface area contributed by atoms with Crippen LogP contribution >= 0.6 is 0 Å². The summed E-state index contributed by atoms with van der Waals surface area (Å²) in [7, 11) is 0. The highest BCUT2D eigenvalue weighted by atomic mass is 16.6. The van der Waals surface area contributed by atoms with Gasteiger partial charge in [0.25, 0.3) is 0 Å². The van der Waals surface area contributed by atoms with Crippen LogP contribution in [0.25, 0.3) is 0 Å². The average molecular weight is 296 g/mol. The number of carbonyl (C=O) groups excluding carboxylic acids is 2. The van der Waals surface area contributed by atoms with Gasteiger partial charge in [0.15, 0.2) is 5.41 Å². The van der Waals surface area contributed by atoms with Crippen LogP contribution in [0, 0.1) is 17.3 Å². The van der Waals surface area contributed by atoms with E-state index in [0.29, 0.717) is 0 Å². The van der Waals surface area contributed by atoms with Gasteiger partial charge in [-0.05, 0) is 66.2 Å². The molecular weight excluding hydrogens is 268 g/mol. The van der Waals surface area contributed by atoms with E-state index in [1.807, 2.05) is 41.5 Å². The van der Waals surface area contributed by atoms with Crippen LogP contribution in [-0.4, -0.2) is 23.1 Å². The molecule has 0 spiro atoms. The molecule has 2 aliphatic rings. The standard InChI is InChI=1S/C17H28O4/c1-15(2,3)20-13(18)17(14(19)21-16(4,5)6)11-9-7-8-10-12(11)17/h11-12H,7-10H2,1-6H3/t11-,12+. The zero-order valence-electron chi connectivity index (χ0n) is 14.1. The summed E-state index contributed by atoms with van der Waals surface area (Å²) in [6.45, 7) is 11.0. The average Bonchev–Trinajstić information content (AvgIpc) is 2.94. The molecule has 2 aliphatic carbocycles. The van der Waals surface area contributed by atoms with Gasteiger partial charge in [-0.1, -0.05) is 12.8 Å². The largest absolute Gasteiger partial charge is 0.459 e. The molecule has 0 aromatic heterocycles. The lowest BCUT2D eigenvalue weighted by molar-refractivity contribution is -0.178. The fourth-order valence-corrected chi connectivity index (χ4v) is 3.54. The van der Waals surface area contributed by atoms with E-state index in [4.69, 9.17) is 9.47 Å². The smallest absolute Gasteiger partial charge is 0.324 e. The number of carbonyl (C=O) groups is 2. The molecule has 2 rings (SSSR count). The molecule has 0 bridgehead atoms. The maximum absolute atomic E-state index is 12.7. The zero-order chi connectivity index (χ0) is 16.1. The summed E-state index contributed by atoms with van der Waals surface area (Å²) in [6, 6.07) is 0. The predicted molar refractivity (Wildman–Crippen MR) is 79.6 cm³/mol. The minimum absolute atomic E-state index is 0.107. The van der Waals surface area contributed by atoms with E-state index in [1.54, 1.807) is 0 Å². The maximum atomic E-state index is 12.7. The molecule has 21 heavy (non-hydrogen) atoms. The van der Waals surface area contributed by atoms with Crippen LogP contribution in [0.4, 0.5) is 0 Å². The van der Waals surface area contributed by atoms with E-state index >= 15 is 0 Å². The number of fused-ring (bicyclic) bond motifs is 1. The first-order valence-corrected chi connectivity index (χ1v) is 7.95. The van der Waals surface area contributed by atoms with Crippen molar-refractivity contribution < 1.29 is 19.1 Å². The maximum Gasteiger partial charge on any atom is 0.324 e. The lowest BCUT2D eigenvalue weighted by atomic mass is 10.00. The zero-order valence-corrected chi connectivity index (χ0v) is 14.1. The summed E-state index contributed by atoms with van der Waals surface area (Å²) >= 11 is 0. The number of esters is 2. The first-order valence-electron chi connectivity index (χ1n) is 7.95. The molecule has 0 aliphatic heterocycles. The highest BCUT2D eigenvalue weighted by Gasteiger charge is 2.76. The SMILES string of the molecule is CC(C)(C)OC(=O)C1(C(=O)OC(C)(C)C)[C@@H]2CCCC[C@@H]21. The normalized spacial score (nSPS) is 27.5.